The number of pyridine rings is 1. The van der Waals surface area contributed by atoms with Gasteiger partial charge in [-0.25, -0.2) is 9.38 Å². The molecule has 7 heteroatoms. The minimum atomic E-state index is -0.239. The van der Waals surface area contributed by atoms with Crippen molar-refractivity contribution in [2.45, 2.75) is 19.8 Å². The van der Waals surface area contributed by atoms with Gasteiger partial charge >= 0.3 is 0 Å². The Morgan fingerprint density at radius 2 is 1.93 bits per heavy atom. The van der Waals surface area contributed by atoms with Gasteiger partial charge in [0.15, 0.2) is 5.96 Å². The fraction of sp³-hybridized carbons (Fsp3) is 0.381. The van der Waals surface area contributed by atoms with E-state index in [-0.39, 0.29) is 18.3 Å². The summed E-state index contributed by atoms with van der Waals surface area (Å²) in [7, 11) is 1.77. The molecule has 0 aliphatic rings. The molecule has 2 rings (SSSR count). The van der Waals surface area contributed by atoms with Crippen LogP contribution in [0.2, 0.25) is 0 Å². The number of aliphatic imine (C=N–C) groups is 1. The van der Waals surface area contributed by atoms with Crippen LogP contribution in [0.4, 0.5) is 4.39 Å². The molecule has 0 bridgehead atoms. The summed E-state index contributed by atoms with van der Waals surface area (Å²) in [5, 5.41) is 6.33. The van der Waals surface area contributed by atoms with Gasteiger partial charge in [0.05, 0.1) is 0 Å². The number of benzene rings is 1. The van der Waals surface area contributed by atoms with Crippen molar-refractivity contribution < 1.29 is 9.18 Å². The van der Waals surface area contributed by atoms with Crippen LogP contribution in [0.5, 0.6) is 0 Å². The number of hydrogen-bond donors (Lipinski definition) is 2. The van der Waals surface area contributed by atoms with E-state index in [0.29, 0.717) is 32.0 Å². The van der Waals surface area contributed by atoms with Gasteiger partial charge < -0.3 is 15.5 Å². The van der Waals surface area contributed by atoms with Gasteiger partial charge in [-0.1, -0.05) is 18.2 Å². The number of rotatable bonds is 9. The Bertz CT molecular complexity index is 749. The van der Waals surface area contributed by atoms with Gasteiger partial charge in [-0.2, -0.15) is 0 Å². The molecule has 0 atom stereocenters. The highest BCUT2D eigenvalue weighted by molar-refractivity contribution is 5.84. The number of likely N-dealkylation sites (N-methyl/N-ethyl adjacent to an activating group) is 1. The fourth-order valence-corrected chi connectivity index (χ4v) is 2.54. The van der Waals surface area contributed by atoms with Gasteiger partial charge in [0.25, 0.3) is 0 Å². The van der Waals surface area contributed by atoms with Crippen LogP contribution in [0.3, 0.4) is 0 Å². The highest BCUT2D eigenvalue weighted by Crippen LogP contribution is 2.02. The predicted molar refractivity (Wildman–Crippen MR) is 110 cm³/mol. The minimum absolute atomic E-state index is 0.0494. The lowest BCUT2D eigenvalue weighted by atomic mass is 10.1. The fourth-order valence-electron chi connectivity index (χ4n) is 2.54. The predicted octanol–water partition coefficient (Wildman–Crippen LogP) is 2.02. The molecule has 2 aromatic rings. The summed E-state index contributed by atoms with van der Waals surface area (Å²) in [4.78, 5) is 22.6. The molecule has 0 spiro atoms. The van der Waals surface area contributed by atoms with E-state index in [4.69, 9.17) is 0 Å². The van der Waals surface area contributed by atoms with Gasteiger partial charge in [0, 0.05) is 45.0 Å². The summed E-state index contributed by atoms with van der Waals surface area (Å²) in [5.41, 5.74) is 2.00. The van der Waals surface area contributed by atoms with Crippen molar-refractivity contribution in [2.24, 2.45) is 4.99 Å². The zero-order valence-corrected chi connectivity index (χ0v) is 16.5. The molecule has 2 N–H and O–H groups in total. The van der Waals surface area contributed by atoms with Crippen molar-refractivity contribution in [3.63, 3.8) is 0 Å². The number of carbonyl (C=O) groups is 1. The van der Waals surface area contributed by atoms with Crippen LogP contribution < -0.4 is 10.6 Å². The third kappa shape index (κ3) is 7.73. The van der Waals surface area contributed by atoms with Crippen molar-refractivity contribution in [3.8, 4) is 0 Å². The van der Waals surface area contributed by atoms with E-state index in [1.165, 1.54) is 12.1 Å². The SMILES string of the molecule is CCNC(=NCC(=O)N(C)CCc1ccccn1)NCCc1ccc(F)cc1. The summed E-state index contributed by atoms with van der Waals surface area (Å²) in [6.07, 6.45) is 3.20. The Morgan fingerprint density at radius 1 is 1.14 bits per heavy atom. The molecule has 1 aromatic heterocycles. The van der Waals surface area contributed by atoms with E-state index in [1.807, 2.05) is 25.1 Å². The van der Waals surface area contributed by atoms with Crippen molar-refractivity contribution in [2.75, 3.05) is 33.2 Å². The molecule has 0 fully saturated rings. The number of hydrogen-bond acceptors (Lipinski definition) is 3. The molecule has 1 amide bonds. The van der Waals surface area contributed by atoms with Crippen LogP contribution in [0, 0.1) is 5.82 Å². The van der Waals surface area contributed by atoms with Gasteiger partial charge in [0.1, 0.15) is 12.4 Å². The summed E-state index contributed by atoms with van der Waals surface area (Å²) < 4.78 is 12.9. The standard InChI is InChI=1S/C21H28FN5O/c1-3-23-21(25-14-11-17-7-9-18(22)10-8-17)26-16-20(28)27(2)15-12-19-6-4-5-13-24-19/h4-10,13H,3,11-12,14-16H2,1-2H3,(H2,23,25,26). The molecule has 0 aliphatic carbocycles. The van der Waals surface area contributed by atoms with Crippen molar-refractivity contribution >= 4 is 11.9 Å². The van der Waals surface area contributed by atoms with Crippen molar-refractivity contribution in [3.05, 3.63) is 65.7 Å². The van der Waals surface area contributed by atoms with E-state index < -0.39 is 0 Å². The van der Waals surface area contributed by atoms with Crippen LogP contribution in [0.25, 0.3) is 0 Å². The van der Waals surface area contributed by atoms with Crippen LogP contribution in [0.1, 0.15) is 18.2 Å². The lowest BCUT2D eigenvalue weighted by molar-refractivity contribution is -0.128. The first-order chi connectivity index (χ1) is 13.6. The minimum Gasteiger partial charge on any atom is -0.357 e. The summed E-state index contributed by atoms with van der Waals surface area (Å²) in [6.45, 7) is 3.98. The lowest BCUT2D eigenvalue weighted by Crippen LogP contribution is -2.39. The number of amides is 1. The smallest absolute Gasteiger partial charge is 0.244 e. The van der Waals surface area contributed by atoms with Gasteiger partial charge in [-0.3, -0.25) is 9.78 Å². The Hall–Kier alpha value is -2.96. The molecule has 6 nitrogen and oxygen atoms in total. The largest absolute Gasteiger partial charge is 0.357 e. The number of nitrogens with zero attached hydrogens (tertiary/aromatic N) is 3. The van der Waals surface area contributed by atoms with Crippen molar-refractivity contribution in [1.29, 1.82) is 0 Å². The number of nitrogens with one attached hydrogen (secondary N) is 2. The molecule has 0 aliphatic heterocycles. The van der Waals surface area contributed by atoms with E-state index >= 15 is 0 Å². The van der Waals surface area contributed by atoms with E-state index in [0.717, 1.165) is 17.7 Å². The van der Waals surface area contributed by atoms with Gasteiger partial charge in [0.2, 0.25) is 5.91 Å². The summed E-state index contributed by atoms with van der Waals surface area (Å²) in [6, 6.07) is 12.2. The number of halogens is 1. The first kappa shape index (κ1) is 21.3. The molecule has 28 heavy (non-hydrogen) atoms. The third-order valence-electron chi connectivity index (χ3n) is 4.19. The molecular formula is C21H28FN5O. The topological polar surface area (TPSA) is 69.6 Å². The average Bonchev–Trinajstić information content (AvgIpc) is 2.72. The Morgan fingerprint density at radius 3 is 2.61 bits per heavy atom. The maximum Gasteiger partial charge on any atom is 0.244 e. The highest BCUT2D eigenvalue weighted by atomic mass is 19.1. The third-order valence-corrected chi connectivity index (χ3v) is 4.19. The van der Waals surface area contributed by atoms with E-state index in [1.54, 1.807) is 30.3 Å². The first-order valence-corrected chi connectivity index (χ1v) is 9.49. The molecule has 0 unspecified atom stereocenters. The molecule has 0 radical (unpaired) electrons. The normalized spacial score (nSPS) is 11.2. The Labute approximate surface area is 165 Å². The average molecular weight is 385 g/mol. The maximum absolute atomic E-state index is 12.9. The highest BCUT2D eigenvalue weighted by Gasteiger charge is 2.09. The van der Waals surface area contributed by atoms with Crippen LogP contribution in [-0.2, 0) is 17.6 Å². The molecule has 0 saturated heterocycles. The number of guanidine groups is 1. The zero-order chi connectivity index (χ0) is 20.2. The lowest BCUT2D eigenvalue weighted by Gasteiger charge is -2.16. The Balaban J connectivity index is 1.77. The summed E-state index contributed by atoms with van der Waals surface area (Å²) in [5.74, 6) is 0.306. The maximum atomic E-state index is 12.9. The second-order valence-corrected chi connectivity index (χ2v) is 6.38. The van der Waals surface area contributed by atoms with E-state index in [9.17, 15) is 9.18 Å². The molecular weight excluding hydrogens is 357 g/mol. The van der Waals surface area contributed by atoms with Gasteiger partial charge in [-0.05, 0) is 43.2 Å². The van der Waals surface area contributed by atoms with Crippen molar-refractivity contribution in [1.82, 2.24) is 20.5 Å². The van der Waals surface area contributed by atoms with Crippen LogP contribution >= 0.6 is 0 Å². The quantitative estimate of drug-likeness (QED) is 0.512. The van der Waals surface area contributed by atoms with Crippen LogP contribution in [-0.4, -0.2) is 55.0 Å². The molecule has 1 heterocycles. The monoisotopic (exact) mass is 385 g/mol. The molecule has 0 saturated carbocycles. The van der Waals surface area contributed by atoms with Gasteiger partial charge in [-0.15, -0.1) is 0 Å². The first-order valence-electron chi connectivity index (χ1n) is 9.49. The Kier molecular flexibility index (Phi) is 8.91. The second-order valence-electron chi connectivity index (χ2n) is 6.38. The zero-order valence-electron chi connectivity index (χ0n) is 16.5. The number of aromatic nitrogens is 1. The van der Waals surface area contributed by atoms with E-state index in [2.05, 4.69) is 20.6 Å². The molecule has 150 valence electrons. The second kappa shape index (κ2) is 11.7. The summed E-state index contributed by atoms with van der Waals surface area (Å²) >= 11 is 0. The van der Waals surface area contributed by atoms with Crippen LogP contribution in [0.15, 0.2) is 53.7 Å². The number of carbonyl (C=O) groups excluding carboxylic acids is 1. The molecule has 1 aromatic carbocycles.